The van der Waals surface area contributed by atoms with Gasteiger partial charge in [-0.3, -0.25) is 14.4 Å². The van der Waals surface area contributed by atoms with E-state index in [2.05, 4.69) is 26.2 Å². The van der Waals surface area contributed by atoms with Crippen molar-refractivity contribution in [3.8, 4) is 0 Å². The summed E-state index contributed by atoms with van der Waals surface area (Å²) in [6.45, 7) is 1.72. The Morgan fingerprint density at radius 3 is 2.70 bits per heavy atom. The fourth-order valence-electron chi connectivity index (χ4n) is 2.04. The summed E-state index contributed by atoms with van der Waals surface area (Å²) in [5.41, 5.74) is 1.11. The molecule has 0 bridgehead atoms. The summed E-state index contributed by atoms with van der Waals surface area (Å²) in [6.07, 6.45) is 1.45. The SMILES string of the molecule is Cc1cc(Br)ccc1NC(=O)CN(C)C(=O)c1ccc[nH]c1=O. The number of aromatic nitrogens is 1. The molecule has 23 heavy (non-hydrogen) atoms. The van der Waals surface area contributed by atoms with Crippen molar-refractivity contribution in [1.82, 2.24) is 9.88 Å². The minimum atomic E-state index is -0.505. The van der Waals surface area contributed by atoms with E-state index >= 15 is 0 Å². The number of carbonyl (C=O) groups excluding carboxylic acids is 2. The number of likely N-dealkylation sites (N-methyl/N-ethyl adjacent to an activating group) is 1. The van der Waals surface area contributed by atoms with Gasteiger partial charge in [0.15, 0.2) is 0 Å². The number of rotatable bonds is 4. The molecule has 120 valence electrons. The van der Waals surface area contributed by atoms with Gasteiger partial charge in [-0.1, -0.05) is 15.9 Å². The third kappa shape index (κ3) is 4.29. The Bertz CT molecular complexity index is 801. The molecule has 0 radical (unpaired) electrons. The third-order valence-corrected chi connectivity index (χ3v) is 3.73. The molecule has 2 aromatic rings. The zero-order chi connectivity index (χ0) is 17.0. The molecule has 1 aromatic carbocycles. The molecular formula is C16H16BrN3O3. The fourth-order valence-corrected chi connectivity index (χ4v) is 2.52. The molecule has 2 N–H and O–H groups in total. The lowest BCUT2D eigenvalue weighted by molar-refractivity contribution is -0.116. The third-order valence-electron chi connectivity index (χ3n) is 3.24. The van der Waals surface area contributed by atoms with Crippen molar-refractivity contribution in [3.63, 3.8) is 0 Å². The Balaban J connectivity index is 2.03. The van der Waals surface area contributed by atoms with Gasteiger partial charge in [0.1, 0.15) is 5.56 Å². The zero-order valence-corrected chi connectivity index (χ0v) is 14.3. The molecule has 0 saturated heterocycles. The van der Waals surface area contributed by atoms with E-state index in [1.165, 1.54) is 24.2 Å². The summed E-state index contributed by atoms with van der Waals surface area (Å²) < 4.78 is 0.920. The molecule has 0 aliphatic rings. The number of halogens is 1. The number of hydrogen-bond acceptors (Lipinski definition) is 3. The normalized spacial score (nSPS) is 10.2. The minimum Gasteiger partial charge on any atom is -0.332 e. The van der Waals surface area contributed by atoms with Crippen LogP contribution in [0.15, 0.2) is 45.8 Å². The maximum atomic E-state index is 12.2. The van der Waals surface area contributed by atoms with Gasteiger partial charge < -0.3 is 15.2 Å². The first-order chi connectivity index (χ1) is 10.9. The Kier molecular flexibility index (Phi) is 5.33. The van der Waals surface area contributed by atoms with Crippen LogP contribution in [0.25, 0.3) is 0 Å². The number of benzene rings is 1. The Labute approximate surface area is 141 Å². The second-order valence-electron chi connectivity index (χ2n) is 5.08. The summed E-state index contributed by atoms with van der Waals surface area (Å²) in [4.78, 5) is 39.5. The van der Waals surface area contributed by atoms with Crippen LogP contribution < -0.4 is 10.9 Å². The Hall–Kier alpha value is -2.41. The second kappa shape index (κ2) is 7.23. The van der Waals surface area contributed by atoms with Crippen LogP contribution in [0.3, 0.4) is 0 Å². The molecule has 2 amide bonds. The molecule has 7 heteroatoms. The highest BCUT2D eigenvalue weighted by molar-refractivity contribution is 9.10. The highest BCUT2D eigenvalue weighted by atomic mass is 79.9. The van der Waals surface area contributed by atoms with Crippen LogP contribution in [-0.2, 0) is 4.79 Å². The summed E-state index contributed by atoms with van der Waals surface area (Å²) in [7, 11) is 1.47. The van der Waals surface area contributed by atoms with Crippen LogP contribution >= 0.6 is 15.9 Å². The molecule has 0 saturated carbocycles. The number of aryl methyl sites for hydroxylation is 1. The van der Waals surface area contributed by atoms with Gasteiger partial charge in [0, 0.05) is 23.4 Å². The molecule has 0 spiro atoms. The first-order valence-corrected chi connectivity index (χ1v) is 7.67. The number of anilines is 1. The number of pyridine rings is 1. The Morgan fingerprint density at radius 2 is 2.04 bits per heavy atom. The lowest BCUT2D eigenvalue weighted by Crippen LogP contribution is -2.37. The average Bonchev–Trinajstić information content (AvgIpc) is 2.50. The van der Waals surface area contributed by atoms with Gasteiger partial charge in [-0.25, -0.2) is 0 Å². The van der Waals surface area contributed by atoms with Crippen molar-refractivity contribution >= 4 is 33.4 Å². The van der Waals surface area contributed by atoms with Crippen LogP contribution in [0.1, 0.15) is 15.9 Å². The first-order valence-electron chi connectivity index (χ1n) is 6.87. The molecule has 0 atom stereocenters. The number of aromatic amines is 1. The summed E-state index contributed by atoms with van der Waals surface area (Å²) in [5, 5.41) is 2.75. The van der Waals surface area contributed by atoms with E-state index in [1.54, 1.807) is 12.1 Å². The molecule has 2 rings (SSSR count). The van der Waals surface area contributed by atoms with E-state index in [1.807, 2.05) is 19.1 Å². The quantitative estimate of drug-likeness (QED) is 0.856. The van der Waals surface area contributed by atoms with Crippen LogP contribution in [0.2, 0.25) is 0 Å². The number of H-pyrrole nitrogens is 1. The summed E-state index contributed by atoms with van der Waals surface area (Å²) in [5.74, 6) is -0.840. The van der Waals surface area contributed by atoms with E-state index in [0.717, 1.165) is 10.0 Å². The standard InChI is InChI=1S/C16H16BrN3O3/c1-10-8-11(17)5-6-13(10)19-14(21)9-20(2)16(23)12-4-3-7-18-15(12)22/h3-8H,9H2,1-2H3,(H,18,22)(H,19,21). The van der Waals surface area contributed by atoms with Gasteiger partial charge in [-0.05, 0) is 42.8 Å². The van der Waals surface area contributed by atoms with Crippen molar-refractivity contribution in [2.24, 2.45) is 0 Å². The van der Waals surface area contributed by atoms with Crippen molar-refractivity contribution in [3.05, 3.63) is 62.5 Å². The van der Waals surface area contributed by atoms with Crippen LogP contribution in [0.5, 0.6) is 0 Å². The zero-order valence-electron chi connectivity index (χ0n) is 12.7. The summed E-state index contributed by atoms with van der Waals surface area (Å²) >= 11 is 3.36. The van der Waals surface area contributed by atoms with E-state index < -0.39 is 11.5 Å². The molecule has 0 unspecified atom stereocenters. The number of nitrogens with one attached hydrogen (secondary N) is 2. The molecule has 6 nitrogen and oxygen atoms in total. The van der Waals surface area contributed by atoms with Gasteiger partial charge in [0.25, 0.3) is 11.5 Å². The lowest BCUT2D eigenvalue weighted by atomic mass is 10.2. The Morgan fingerprint density at radius 1 is 1.30 bits per heavy atom. The van der Waals surface area contributed by atoms with E-state index in [9.17, 15) is 14.4 Å². The van der Waals surface area contributed by atoms with Gasteiger partial charge in [-0.15, -0.1) is 0 Å². The van der Waals surface area contributed by atoms with Crippen molar-refractivity contribution in [2.75, 3.05) is 18.9 Å². The van der Waals surface area contributed by atoms with Crippen molar-refractivity contribution in [2.45, 2.75) is 6.92 Å². The fraction of sp³-hybridized carbons (Fsp3) is 0.188. The molecule has 0 aliphatic carbocycles. The number of hydrogen-bond donors (Lipinski definition) is 2. The summed E-state index contributed by atoms with van der Waals surface area (Å²) in [6, 6.07) is 8.47. The molecular weight excluding hydrogens is 362 g/mol. The molecule has 0 aliphatic heterocycles. The first kappa shape index (κ1) is 17.0. The van der Waals surface area contributed by atoms with Crippen LogP contribution in [0, 0.1) is 6.92 Å². The highest BCUT2D eigenvalue weighted by Crippen LogP contribution is 2.19. The molecule has 1 aromatic heterocycles. The molecule has 1 heterocycles. The number of nitrogens with zero attached hydrogens (tertiary/aromatic N) is 1. The maximum Gasteiger partial charge on any atom is 0.260 e. The smallest absolute Gasteiger partial charge is 0.260 e. The lowest BCUT2D eigenvalue weighted by Gasteiger charge is -2.17. The molecule has 0 fully saturated rings. The van der Waals surface area contributed by atoms with Crippen molar-refractivity contribution < 1.29 is 9.59 Å². The predicted molar refractivity (Wildman–Crippen MR) is 91.5 cm³/mol. The van der Waals surface area contributed by atoms with E-state index in [0.29, 0.717) is 5.69 Å². The van der Waals surface area contributed by atoms with Crippen LogP contribution in [0.4, 0.5) is 5.69 Å². The minimum absolute atomic E-state index is 0.00243. The van der Waals surface area contributed by atoms with Gasteiger partial charge in [0.2, 0.25) is 5.91 Å². The maximum absolute atomic E-state index is 12.2. The van der Waals surface area contributed by atoms with E-state index in [-0.39, 0.29) is 18.0 Å². The van der Waals surface area contributed by atoms with Gasteiger partial charge in [-0.2, -0.15) is 0 Å². The number of amides is 2. The second-order valence-corrected chi connectivity index (χ2v) is 6.00. The predicted octanol–water partition coefficient (Wildman–Crippen LogP) is 2.16. The van der Waals surface area contributed by atoms with Gasteiger partial charge in [0.05, 0.1) is 6.54 Å². The van der Waals surface area contributed by atoms with Gasteiger partial charge >= 0.3 is 0 Å². The highest BCUT2D eigenvalue weighted by Gasteiger charge is 2.17. The number of carbonyl (C=O) groups is 2. The monoisotopic (exact) mass is 377 g/mol. The largest absolute Gasteiger partial charge is 0.332 e. The topological polar surface area (TPSA) is 82.3 Å². The van der Waals surface area contributed by atoms with Crippen molar-refractivity contribution in [1.29, 1.82) is 0 Å². The van der Waals surface area contributed by atoms with E-state index in [4.69, 9.17) is 0 Å². The average molecular weight is 378 g/mol. The van der Waals surface area contributed by atoms with Crippen LogP contribution in [-0.4, -0.2) is 35.3 Å².